The Morgan fingerprint density at radius 2 is 1.59 bits per heavy atom. The molecule has 2 aromatic carbocycles. The lowest BCUT2D eigenvalue weighted by Gasteiger charge is -2.10. The quantitative estimate of drug-likeness (QED) is 0.663. The van der Waals surface area contributed by atoms with Crippen LogP contribution in [-0.2, 0) is 6.42 Å². The van der Waals surface area contributed by atoms with E-state index >= 15 is 0 Å². The molecule has 0 amide bonds. The molecule has 0 unspecified atom stereocenters. The normalized spacial score (nSPS) is 12.4. The van der Waals surface area contributed by atoms with Crippen molar-refractivity contribution in [3.63, 3.8) is 0 Å². The molecule has 0 aliphatic carbocycles. The van der Waals surface area contributed by atoms with Gasteiger partial charge in [-0.1, -0.05) is 70.0 Å². The average Bonchev–Trinajstić information content (AvgIpc) is 2.38. The van der Waals surface area contributed by atoms with Crippen LogP contribution in [0.25, 0.3) is 0 Å². The zero-order valence-corrected chi connectivity index (χ0v) is 11.8. The lowest BCUT2D eigenvalue weighted by atomic mass is 10.0. The van der Waals surface area contributed by atoms with Gasteiger partial charge in [-0.3, -0.25) is 0 Å². The van der Waals surface area contributed by atoms with E-state index in [1.165, 1.54) is 11.1 Å². The van der Waals surface area contributed by atoms with Gasteiger partial charge in [-0.25, -0.2) is 0 Å². The summed E-state index contributed by atoms with van der Waals surface area (Å²) in [6.45, 7) is 0. The molecule has 0 aliphatic rings. The molecule has 0 heterocycles. The van der Waals surface area contributed by atoms with E-state index in [-0.39, 0.29) is 0 Å². The lowest BCUT2D eigenvalue weighted by Crippen LogP contribution is -1.93. The fraction of sp³-hybridized carbons (Fsp3) is 0.200. The maximum Gasteiger partial charge on any atom is 0.0406 e. The van der Waals surface area contributed by atoms with E-state index in [0.717, 1.165) is 17.9 Å². The maximum atomic E-state index is 5.87. The van der Waals surface area contributed by atoms with E-state index in [1.807, 2.05) is 18.2 Å². The average molecular weight is 310 g/mol. The van der Waals surface area contributed by atoms with Crippen molar-refractivity contribution in [2.24, 2.45) is 0 Å². The SMILES string of the molecule is Clc1ccc([C@@H](Br)CCc2ccccc2)cc1. The molecule has 2 heteroatoms. The third kappa shape index (κ3) is 3.86. The predicted molar refractivity (Wildman–Crippen MR) is 77.9 cm³/mol. The zero-order chi connectivity index (χ0) is 12.1. The molecule has 0 radical (unpaired) electrons. The highest BCUT2D eigenvalue weighted by Crippen LogP contribution is 2.28. The van der Waals surface area contributed by atoms with E-state index in [1.54, 1.807) is 0 Å². The van der Waals surface area contributed by atoms with E-state index in [0.29, 0.717) is 4.83 Å². The van der Waals surface area contributed by atoms with Gasteiger partial charge in [-0.05, 0) is 36.1 Å². The Balaban J connectivity index is 1.93. The van der Waals surface area contributed by atoms with E-state index in [2.05, 4.69) is 52.3 Å². The molecule has 0 fully saturated rings. The van der Waals surface area contributed by atoms with Crippen LogP contribution < -0.4 is 0 Å². The summed E-state index contributed by atoms with van der Waals surface area (Å²) in [6, 6.07) is 18.6. The molecular formula is C15H14BrCl. The second-order valence-corrected chi connectivity index (χ2v) is 5.59. The molecule has 1 atom stereocenters. The summed E-state index contributed by atoms with van der Waals surface area (Å²) in [7, 11) is 0. The van der Waals surface area contributed by atoms with Crippen molar-refractivity contribution in [2.75, 3.05) is 0 Å². The molecule has 0 aromatic heterocycles. The smallest absolute Gasteiger partial charge is 0.0406 e. The fourth-order valence-electron chi connectivity index (χ4n) is 1.78. The molecule has 2 aromatic rings. The summed E-state index contributed by atoms with van der Waals surface area (Å²) in [5.74, 6) is 0. The van der Waals surface area contributed by atoms with Crippen molar-refractivity contribution in [3.8, 4) is 0 Å². The summed E-state index contributed by atoms with van der Waals surface area (Å²) >= 11 is 9.60. The van der Waals surface area contributed by atoms with Crippen LogP contribution >= 0.6 is 27.5 Å². The van der Waals surface area contributed by atoms with E-state index in [4.69, 9.17) is 11.6 Å². The van der Waals surface area contributed by atoms with Crippen LogP contribution in [0.15, 0.2) is 54.6 Å². The Morgan fingerprint density at radius 3 is 2.24 bits per heavy atom. The summed E-state index contributed by atoms with van der Waals surface area (Å²) in [5, 5.41) is 0.788. The van der Waals surface area contributed by atoms with Gasteiger partial charge in [0, 0.05) is 9.85 Å². The second kappa shape index (κ2) is 6.23. The Hall–Kier alpha value is -0.790. The molecule has 0 nitrogen and oxygen atoms in total. The van der Waals surface area contributed by atoms with Crippen molar-refractivity contribution in [1.29, 1.82) is 0 Å². The summed E-state index contributed by atoms with van der Waals surface area (Å²) in [5.41, 5.74) is 2.66. The van der Waals surface area contributed by atoms with Gasteiger partial charge in [-0.2, -0.15) is 0 Å². The molecule has 88 valence electrons. The zero-order valence-electron chi connectivity index (χ0n) is 9.44. The number of aryl methyl sites for hydroxylation is 1. The molecule has 0 N–H and O–H groups in total. The molecule has 0 spiro atoms. The molecule has 17 heavy (non-hydrogen) atoms. The number of hydrogen-bond donors (Lipinski definition) is 0. The van der Waals surface area contributed by atoms with Crippen LogP contribution in [0.3, 0.4) is 0 Å². The van der Waals surface area contributed by atoms with Crippen LogP contribution in [0.5, 0.6) is 0 Å². The summed E-state index contributed by atoms with van der Waals surface area (Å²) in [6.07, 6.45) is 2.17. The van der Waals surface area contributed by atoms with Gasteiger partial charge >= 0.3 is 0 Å². The Kier molecular flexibility index (Phi) is 4.64. The number of alkyl halides is 1. The minimum Gasteiger partial charge on any atom is -0.0843 e. The molecule has 0 saturated heterocycles. The van der Waals surface area contributed by atoms with Gasteiger partial charge in [0.1, 0.15) is 0 Å². The van der Waals surface area contributed by atoms with E-state index in [9.17, 15) is 0 Å². The first-order valence-corrected chi connectivity index (χ1v) is 6.98. The fourth-order valence-corrected chi connectivity index (χ4v) is 2.44. The summed E-state index contributed by atoms with van der Waals surface area (Å²) in [4.78, 5) is 0.389. The third-order valence-electron chi connectivity index (χ3n) is 2.76. The number of benzene rings is 2. The molecule has 2 rings (SSSR count). The topological polar surface area (TPSA) is 0 Å². The molecule has 0 saturated carbocycles. The Morgan fingerprint density at radius 1 is 0.941 bits per heavy atom. The minimum absolute atomic E-state index is 0.389. The van der Waals surface area contributed by atoms with Crippen molar-refractivity contribution in [2.45, 2.75) is 17.7 Å². The molecule has 0 aliphatic heterocycles. The number of halogens is 2. The van der Waals surface area contributed by atoms with E-state index < -0.39 is 0 Å². The Labute approximate surface area is 116 Å². The first-order valence-electron chi connectivity index (χ1n) is 5.69. The number of hydrogen-bond acceptors (Lipinski definition) is 0. The van der Waals surface area contributed by atoms with Crippen LogP contribution in [0.4, 0.5) is 0 Å². The monoisotopic (exact) mass is 308 g/mol. The largest absolute Gasteiger partial charge is 0.0843 e. The van der Waals surface area contributed by atoms with Crippen LogP contribution in [0.1, 0.15) is 22.4 Å². The first kappa shape index (κ1) is 12.7. The molecule has 0 bridgehead atoms. The van der Waals surface area contributed by atoms with Crippen molar-refractivity contribution < 1.29 is 0 Å². The van der Waals surface area contributed by atoms with Gasteiger partial charge in [0.15, 0.2) is 0 Å². The van der Waals surface area contributed by atoms with Gasteiger partial charge in [-0.15, -0.1) is 0 Å². The van der Waals surface area contributed by atoms with Gasteiger partial charge in [0.05, 0.1) is 0 Å². The van der Waals surface area contributed by atoms with Crippen LogP contribution in [0.2, 0.25) is 5.02 Å². The van der Waals surface area contributed by atoms with Gasteiger partial charge in [0.25, 0.3) is 0 Å². The van der Waals surface area contributed by atoms with Crippen molar-refractivity contribution in [3.05, 3.63) is 70.7 Å². The predicted octanol–water partition coefficient (Wildman–Crippen LogP) is 5.41. The first-order chi connectivity index (χ1) is 8.25. The second-order valence-electron chi connectivity index (χ2n) is 4.04. The van der Waals surface area contributed by atoms with Gasteiger partial charge in [0.2, 0.25) is 0 Å². The maximum absolute atomic E-state index is 5.87. The van der Waals surface area contributed by atoms with Crippen LogP contribution in [-0.4, -0.2) is 0 Å². The van der Waals surface area contributed by atoms with Crippen molar-refractivity contribution in [1.82, 2.24) is 0 Å². The number of rotatable bonds is 4. The summed E-state index contributed by atoms with van der Waals surface area (Å²) < 4.78 is 0. The highest BCUT2D eigenvalue weighted by molar-refractivity contribution is 9.09. The Bertz CT molecular complexity index is 450. The highest BCUT2D eigenvalue weighted by Gasteiger charge is 2.07. The minimum atomic E-state index is 0.389. The standard InChI is InChI=1S/C15H14BrCl/c16-15(13-7-9-14(17)10-8-13)11-6-12-4-2-1-3-5-12/h1-5,7-10,15H,6,11H2/t15-/m0/s1. The van der Waals surface area contributed by atoms with Crippen LogP contribution in [0, 0.1) is 0 Å². The lowest BCUT2D eigenvalue weighted by molar-refractivity contribution is 0.813. The van der Waals surface area contributed by atoms with Crippen molar-refractivity contribution >= 4 is 27.5 Å². The highest BCUT2D eigenvalue weighted by atomic mass is 79.9. The molecular weight excluding hydrogens is 296 g/mol. The third-order valence-corrected chi connectivity index (χ3v) is 4.00. The van der Waals surface area contributed by atoms with Gasteiger partial charge < -0.3 is 0 Å².